The lowest BCUT2D eigenvalue weighted by Crippen LogP contribution is -2.17. The van der Waals surface area contributed by atoms with Crippen LogP contribution in [-0.2, 0) is 4.79 Å². The fourth-order valence-electron chi connectivity index (χ4n) is 2.49. The van der Waals surface area contributed by atoms with E-state index in [1.54, 1.807) is 54.6 Å². The average Bonchev–Trinajstić information content (AvgIpc) is 2.79. The van der Waals surface area contributed by atoms with Crippen molar-refractivity contribution in [1.29, 1.82) is 0 Å². The van der Waals surface area contributed by atoms with E-state index in [1.165, 1.54) is 19.4 Å². The van der Waals surface area contributed by atoms with E-state index in [1.807, 2.05) is 30.3 Å². The van der Waals surface area contributed by atoms with Crippen LogP contribution in [0.2, 0.25) is 0 Å². The molecule has 150 valence electrons. The molecule has 6 nitrogen and oxygen atoms in total. The van der Waals surface area contributed by atoms with Gasteiger partial charge in [0.1, 0.15) is 11.5 Å². The first-order valence-electron chi connectivity index (χ1n) is 9.16. The van der Waals surface area contributed by atoms with Gasteiger partial charge in [-0.25, -0.2) is 10.2 Å². The van der Waals surface area contributed by atoms with E-state index < -0.39 is 5.97 Å². The topological polar surface area (TPSA) is 77.0 Å². The van der Waals surface area contributed by atoms with Gasteiger partial charge in [0.25, 0.3) is 5.91 Å². The van der Waals surface area contributed by atoms with Crippen molar-refractivity contribution in [3.63, 3.8) is 0 Å². The van der Waals surface area contributed by atoms with Crippen LogP contribution in [0.5, 0.6) is 11.5 Å². The summed E-state index contributed by atoms with van der Waals surface area (Å²) in [6, 6.07) is 23.0. The zero-order valence-corrected chi connectivity index (χ0v) is 16.3. The minimum absolute atomic E-state index is 0.346. The fourth-order valence-corrected chi connectivity index (χ4v) is 2.49. The minimum Gasteiger partial charge on any atom is -0.497 e. The molecule has 0 saturated carbocycles. The van der Waals surface area contributed by atoms with Crippen LogP contribution in [0.15, 0.2) is 90.0 Å². The van der Waals surface area contributed by atoms with Crippen LogP contribution in [0.25, 0.3) is 6.08 Å². The molecule has 0 aliphatic carbocycles. The number of hydrazone groups is 1. The van der Waals surface area contributed by atoms with Crippen molar-refractivity contribution < 1.29 is 19.1 Å². The van der Waals surface area contributed by atoms with Gasteiger partial charge in [-0.1, -0.05) is 36.4 Å². The van der Waals surface area contributed by atoms with E-state index in [0.717, 1.165) is 11.1 Å². The molecule has 0 bridgehead atoms. The molecule has 0 heterocycles. The van der Waals surface area contributed by atoms with Crippen molar-refractivity contribution in [2.24, 2.45) is 5.10 Å². The zero-order valence-electron chi connectivity index (χ0n) is 16.3. The molecular formula is C24H20N2O4. The van der Waals surface area contributed by atoms with Crippen molar-refractivity contribution in [2.75, 3.05) is 7.11 Å². The van der Waals surface area contributed by atoms with Crippen LogP contribution in [0.1, 0.15) is 21.5 Å². The highest BCUT2D eigenvalue weighted by molar-refractivity contribution is 5.95. The smallest absolute Gasteiger partial charge is 0.336 e. The highest BCUT2D eigenvalue weighted by Gasteiger charge is 2.05. The van der Waals surface area contributed by atoms with Gasteiger partial charge in [0, 0.05) is 11.6 Å². The summed E-state index contributed by atoms with van der Waals surface area (Å²) in [5, 5.41) is 3.94. The molecule has 0 fully saturated rings. The molecule has 0 spiro atoms. The monoisotopic (exact) mass is 400 g/mol. The van der Waals surface area contributed by atoms with Crippen molar-refractivity contribution in [2.45, 2.75) is 0 Å². The number of esters is 1. The lowest BCUT2D eigenvalue weighted by molar-refractivity contribution is -0.128. The maximum absolute atomic E-state index is 12.1. The second-order valence-corrected chi connectivity index (χ2v) is 6.17. The summed E-state index contributed by atoms with van der Waals surface area (Å²) in [6.45, 7) is 0. The second-order valence-electron chi connectivity index (χ2n) is 6.17. The first-order chi connectivity index (χ1) is 14.6. The van der Waals surface area contributed by atoms with Crippen molar-refractivity contribution in [1.82, 2.24) is 5.43 Å². The van der Waals surface area contributed by atoms with E-state index in [9.17, 15) is 9.59 Å². The molecule has 3 aromatic carbocycles. The quantitative estimate of drug-likeness (QED) is 0.213. The zero-order chi connectivity index (χ0) is 21.2. The Balaban J connectivity index is 1.52. The summed E-state index contributed by atoms with van der Waals surface area (Å²) in [5.74, 6) is 0.192. The highest BCUT2D eigenvalue weighted by atomic mass is 16.5. The summed E-state index contributed by atoms with van der Waals surface area (Å²) in [5.41, 5.74) is 4.55. The normalized spacial score (nSPS) is 10.8. The predicted octanol–water partition coefficient (Wildman–Crippen LogP) is 4.08. The molecule has 0 saturated heterocycles. The highest BCUT2D eigenvalue weighted by Crippen LogP contribution is 2.13. The van der Waals surface area contributed by atoms with Crippen LogP contribution in [0, 0.1) is 0 Å². The van der Waals surface area contributed by atoms with Gasteiger partial charge in [0.15, 0.2) is 0 Å². The van der Waals surface area contributed by atoms with Gasteiger partial charge in [0.05, 0.1) is 13.3 Å². The van der Waals surface area contributed by atoms with Gasteiger partial charge in [-0.05, 0) is 59.7 Å². The Morgan fingerprint density at radius 2 is 1.63 bits per heavy atom. The molecule has 6 heteroatoms. The molecule has 1 N–H and O–H groups in total. The Labute approximate surface area is 174 Å². The van der Waals surface area contributed by atoms with Crippen LogP contribution in [0.3, 0.4) is 0 Å². The largest absolute Gasteiger partial charge is 0.497 e. The Hall–Kier alpha value is -4.19. The molecule has 30 heavy (non-hydrogen) atoms. The summed E-state index contributed by atoms with van der Waals surface area (Å²) < 4.78 is 10.4. The number of hydrogen-bond acceptors (Lipinski definition) is 5. The number of carbonyl (C=O) groups excluding carboxylic acids is 2. The van der Waals surface area contributed by atoms with E-state index in [4.69, 9.17) is 9.47 Å². The van der Waals surface area contributed by atoms with Gasteiger partial charge in [-0.2, -0.15) is 5.10 Å². The maximum Gasteiger partial charge on any atom is 0.336 e. The number of amides is 1. The molecule has 3 rings (SSSR count). The summed E-state index contributed by atoms with van der Waals surface area (Å²) in [7, 11) is 1.54. The number of benzene rings is 3. The Morgan fingerprint density at radius 1 is 0.867 bits per heavy atom. The average molecular weight is 400 g/mol. The third-order valence-corrected chi connectivity index (χ3v) is 4.02. The van der Waals surface area contributed by atoms with Crippen molar-refractivity contribution in [3.8, 4) is 11.5 Å². The molecule has 0 atom stereocenters. The second kappa shape index (κ2) is 10.4. The van der Waals surface area contributed by atoms with Gasteiger partial charge < -0.3 is 9.47 Å². The third kappa shape index (κ3) is 6.17. The molecule has 0 aliphatic heterocycles. The number of rotatable bonds is 7. The van der Waals surface area contributed by atoms with E-state index >= 15 is 0 Å². The SMILES string of the molecule is COc1cccc(C(=O)N/N=C/c2ccc(OC(=O)/C=C/c3ccccc3)cc2)c1. The van der Waals surface area contributed by atoms with Gasteiger partial charge in [-0.3, -0.25) is 4.79 Å². The standard InChI is InChI=1S/C24H20N2O4/c1-29-22-9-5-8-20(16-22)24(28)26-25-17-19-10-13-21(14-11-19)30-23(27)15-12-18-6-3-2-4-7-18/h2-17H,1H3,(H,26,28)/b15-12+,25-17+. The summed E-state index contributed by atoms with van der Waals surface area (Å²) in [4.78, 5) is 24.0. The number of nitrogens with zero attached hydrogens (tertiary/aromatic N) is 1. The molecule has 0 aliphatic rings. The third-order valence-electron chi connectivity index (χ3n) is 4.02. The van der Waals surface area contributed by atoms with Crippen LogP contribution >= 0.6 is 0 Å². The number of nitrogens with one attached hydrogen (secondary N) is 1. The van der Waals surface area contributed by atoms with E-state index in [-0.39, 0.29) is 5.91 Å². The maximum atomic E-state index is 12.1. The Bertz CT molecular complexity index is 1060. The predicted molar refractivity (Wildman–Crippen MR) is 116 cm³/mol. The van der Waals surface area contributed by atoms with Crippen LogP contribution in [0.4, 0.5) is 0 Å². The van der Waals surface area contributed by atoms with E-state index in [2.05, 4.69) is 10.5 Å². The molecule has 0 unspecified atom stereocenters. The van der Waals surface area contributed by atoms with Gasteiger partial charge in [-0.15, -0.1) is 0 Å². The fraction of sp³-hybridized carbons (Fsp3) is 0.0417. The van der Waals surface area contributed by atoms with Crippen LogP contribution < -0.4 is 14.9 Å². The number of ether oxygens (including phenoxy) is 2. The molecule has 0 aromatic heterocycles. The first-order valence-corrected chi connectivity index (χ1v) is 9.16. The van der Waals surface area contributed by atoms with Crippen molar-refractivity contribution in [3.05, 3.63) is 102 Å². The van der Waals surface area contributed by atoms with Crippen molar-refractivity contribution >= 4 is 24.2 Å². The first kappa shape index (κ1) is 20.5. The molecule has 3 aromatic rings. The minimum atomic E-state index is -0.467. The lowest BCUT2D eigenvalue weighted by Gasteiger charge is -2.03. The Morgan fingerprint density at radius 3 is 2.37 bits per heavy atom. The molecule has 0 radical (unpaired) electrons. The van der Waals surface area contributed by atoms with Gasteiger partial charge in [0.2, 0.25) is 0 Å². The number of carbonyl (C=O) groups is 2. The van der Waals surface area contributed by atoms with Gasteiger partial charge >= 0.3 is 5.97 Å². The molecular weight excluding hydrogens is 380 g/mol. The number of methoxy groups -OCH3 is 1. The molecule has 1 amide bonds. The van der Waals surface area contributed by atoms with Crippen LogP contribution in [-0.4, -0.2) is 25.2 Å². The summed E-state index contributed by atoms with van der Waals surface area (Å²) >= 11 is 0. The summed E-state index contributed by atoms with van der Waals surface area (Å²) in [6.07, 6.45) is 4.56. The van der Waals surface area contributed by atoms with E-state index in [0.29, 0.717) is 17.1 Å². The Kier molecular flexibility index (Phi) is 7.11. The number of hydrogen-bond donors (Lipinski definition) is 1. The lowest BCUT2D eigenvalue weighted by atomic mass is 10.2.